The van der Waals surface area contributed by atoms with E-state index in [9.17, 15) is 4.39 Å². The summed E-state index contributed by atoms with van der Waals surface area (Å²) in [6.07, 6.45) is 0. The highest BCUT2D eigenvalue weighted by molar-refractivity contribution is 6.31. The summed E-state index contributed by atoms with van der Waals surface area (Å²) in [4.78, 5) is 2.05. The quantitative estimate of drug-likeness (QED) is 0.774. The molecule has 0 bridgehead atoms. The van der Waals surface area contributed by atoms with Crippen molar-refractivity contribution in [3.8, 4) is 0 Å². The van der Waals surface area contributed by atoms with Crippen molar-refractivity contribution >= 4 is 11.6 Å². The molecule has 0 radical (unpaired) electrons. The first-order valence-corrected chi connectivity index (χ1v) is 5.85. The van der Waals surface area contributed by atoms with Crippen LogP contribution in [0.2, 0.25) is 5.02 Å². The van der Waals surface area contributed by atoms with Gasteiger partial charge in [0.05, 0.1) is 0 Å². The lowest BCUT2D eigenvalue weighted by Crippen LogP contribution is -2.29. The van der Waals surface area contributed by atoms with E-state index < -0.39 is 0 Å². The third-order valence-electron chi connectivity index (χ3n) is 2.41. The lowest BCUT2D eigenvalue weighted by atomic mass is 10.2. The molecule has 0 fully saturated rings. The van der Waals surface area contributed by atoms with E-state index in [1.54, 1.807) is 12.1 Å². The van der Waals surface area contributed by atoms with E-state index in [-0.39, 0.29) is 5.82 Å². The first-order chi connectivity index (χ1) is 7.65. The Morgan fingerprint density at radius 2 is 2.19 bits per heavy atom. The van der Waals surface area contributed by atoms with Crippen molar-refractivity contribution in [1.29, 1.82) is 0 Å². The molecule has 90 valence electrons. The van der Waals surface area contributed by atoms with Gasteiger partial charge in [-0.15, -0.1) is 0 Å². The Labute approximate surface area is 101 Å². The van der Waals surface area contributed by atoms with E-state index in [0.29, 0.717) is 17.1 Å². The Morgan fingerprint density at radius 1 is 1.44 bits per heavy atom. The van der Waals surface area contributed by atoms with E-state index in [1.807, 2.05) is 11.9 Å². The van der Waals surface area contributed by atoms with Gasteiger partial charge in [0, 0.05) is 30.2 Å². The minimum Gasteiger partial charge on any atom is -0.316 e. The van der Waals surface area contributed by atoms with Crippen LogP contribution in [0.5, 0.6) is 0 Å². The minimum atomic E-state index is -0.234. The zero-order valence-corrected chi connectivity index (χ0v) is 10.5. The maximum Gasteiger partial charge on any atom is 0.129 e. The Morgan fingerprint density at radius 3 is 2.81 bits per heavy atom. The largest absolute Gasteiger partial charge is 0.316 e. The monoisotopic (exact) mass is 244 g/mol. The maximum atomic E-state index is 13.5. The van der Waals surface area contributed by atoms with Crippen LogP contribution in [0, 0.1) is 5.82 Å². The lowest BCUT2D eigenvalue weighted by molar-refractivity contribution is 0.320. The van der Waals surface area contributed by atoms with Crippen LogP contribution in [0.4, 0.5) is 4.39 Å². The third-order valence-corrected chi connectivity index (χ3v) is 2.76. The standard InChI is InChI=1S/C12H18ClFN2/c1-3-15-7-8-16(2)9-10-11(13)5-4-6-12(10)14/h4-6,15H,3,7-9H2,1-2H3. The van der Waals surface area contributed by atoms with Crippen molar-refractivity contribution in [2.45, 2.75) is 13.5 Å². The molecule has 16 heavy (non-hydrogen) atoms. The molecule has 0 aliphatic heterocycles. The minimum absolute atomic E-state index is 0.234. The number of rotatable bonds is 6. The van der Waals surface area contributed by atoms with Gasteiger partial charge in [0.25, 0.3) is 0 Å². The second-order valence-electron chi connectivity index (χ2n) is 3.79. The molecule has 1 rings (SSSR count). The molecular formula is C12H18ClFN2. The van der Waals surface area contributed by atoms with Gasteiger partial charge in [-0.25, -0.2) is 4.39 Å². The number of halogens is 2. The molecule has 1 N–H and O–H groups in total. The second-order valence-corrected chi connectivity index (χ2v) is 4.20. The van der Waals surface area contributed by atoms with Crippen LogP contribution in [0.3, 0.4) is 0 Å². The van der Waals surface area contributed by atoms with Crippen LogP contribution in [-0.4, -0.2) is 31.6 Å². The molecular weight excluding hydrogens is 227 g/mol. The summed E-state index contributed by atoms with van der Waals surface area (Å²) in [7, 11) is 1.96. The van der Waals surface area contributed by atoms with Gasteiger partial charge in [-0.05, 0) is 25.7 Å². The predicted octanol–water partition coefficient (Wildman–Crippen LogP) is 2.52. The molecule has 0 aliphatic rings. The van der Waals surface area contributed by atoms with E-state index >= 15 is 0 Å². The van der Waals surface area contributed by atoms with E-state index in [0.717, 1.165) is 19.6 Å². The number of likely N-dealkylation sites (N-methyl/N-ethyl adjacent to an activating group) is 2. The molecule has 0 spiro atoms. The molecule has 0 heterocycles. The fraction of sp³-hybridized carbons (Fsp3) is 0.500. The van der Waals surface area contributed by atoms with Crippen LogP contribution in [0.1, 0.15) is 12.5 Å². The van der Waals surface area contributed by atoms with Gasteiger partial charge < -0.3 is 10.2 Å². The summed E-state index contributed by atoms with van der Waals surface area (Å²) in [5.74, 6) is -0.234. The van der Waals surface area contributed by atoms with Crippen molar-refractivity contribution in [3.63, 3.8) is 0 Å². The van der Waals surface area contributed by atoms with Crippen LogP contribution < -0.4 is 5.32 Å². The average Bonchev–Trinajstić information content (AvgIpc) is 2.24. The second kappa shape index (κ2) is 6.84. The molecule has 4 heteroatoms. The highest BCUT2D eigenvalue weighted by Gasteiger charge is 2.09. The lowest BCUT2D eigenvalue weighted by Gasteiger charge is -2.17. The van der Waals surface area contributed by atoms with Gasteiger partial charge in [-0.1, -0.05) is 24.6 Å². The number of benzene rings is 1. The number of nitrogens with zero attached hydrogens (tertiary/aromatic N) is 1. The van der Waals surface area contributed by atoms with Crippen LogP contribution in [0.25, 0.3) is 0 Å². The van der Waals surface area contributed by atoms with Crippen LogP contribution in [-0.2, 0) is 6.54 Å². The summed E-state index contributed by atoms with van der Waals surface area (Å²) in [6.45, 7) is 5.33. The predicted molar refractivity (Wildman–Crippen MR) is 66.3 cm³/mol. The third kappa shape index (κ3) is 4.08. The molecule has 0 saturated heterocycles. The number of hydrogen-bond acceptors (Lipinski definition) is 2. The molecule has 1 aromatic rings. The molecule has 0 amide bonds. The zero-order chi connectivity index (χ0) is 12.0. The summed E-state index contributed by atoms with van der Waals surface area (Å²) in [5, 5.41) is 3.72. The molecule has 0 atom stereocenters. The molecule has 0 unspecified atom stereocenters. The number of hydrogen-bond donors (Lipinski definition) is 1. The highest BCUT2D eigenvalue weighted by Crippen LogP contribution is 2.19. The van der Waals surface area contributed by atoms with E-state index in [1.165, 1.54) is 6.07 Å². The molecule has 0 aromatic heterocycles. The number of nitrogens with one attached hydrogen (secondary N) is 1. The normalized spacial score (nSPS) is 11.1. The van der Waals surface area contributed by atoms with Gasteiger partial charge in [-0.2, -0.15) is 0 Å². The highest BCUT2D eigenvalue weighted by atomic mass is 35.5. The zero-order valence-electron chi connectivity index (χ0n) is 9.76. The first-order valence-electron chi connectivity index (χ1n) is 5.47. The molecule has 1 aromatic carbocycles. The van der Waals surface area contributed by atoms with Gasteiger partial charge in [-0.3, -0.25) is 0 Å². The topological polar surface area (TPSA) is 15.3 Å². The summed E-state index contributed by atoms with van der Waals surface area (Å²) >= 11 is 5.95. The fourth-order valence-electron chi connectivity index (χ4n) is 1.48. The van der Waals surface area contributed by atoms with E-state index in [4.69, 9.17) is 11.6 Å². The van der Waals surface area contributed by atoms with Crippen molar-refractivity contribution in [2.24, 2.45) is 0 Å². The molecule has 0 saturated carbocycles. The average molecular weight is 245 g/mol. The SMILES string of the molecule is CCNCCN(C)Cc1c(F)cccc1Cl. The summed E-state index contributed by atoms with van der Waals surface area (Å²) in [6, 6.07) is 4.79. The Kier molecular flexibility index (Phi) is 5.74. The van der Waals surface area contributed by atoms with Crippen LogP contribution in [0.15, 0.2) is 18.2 Å². The van der Waals surface area contributed by atoms with Gasteiger partial charge in [0.15, 0.2) is 0 Å². The molecule has 0 aliphatic carbocycles. The van der Waals surface area contributed by atoms with Crippen molar-refractivity contribution in [1.82, 2.24) is 10.2 Å². The Bertz CT molecular complexity index is 311. The van der Waals surface area contributed by atoms with Crippen molar-refractivity contribution < 1.29 is 4.39 Å². The maximum absolute atomic E-state index is 13.5. The Hall–Kier alpha value is -0.640. The van der Waals surface area contributed by atoms with Gasteiger partial charge in [0.2, 0.25) is 0 Å². The van der Waals surface area contributed by atoms with Gasteiger partial charge >= 0.3 is 0 Å². The summed E-state index contributed by atoms with van der Waals surface area (Å²) < 4.78 is 13.5. The molecule has 2 nitrogen and oxygen atoms in total. The van der Waals surface area contributed by atoms with Crippen molar-refractivity contribution in [2.75, 3.05) is 26.7 Å². The smallest absolute Gasteiger partial charge is 0.129 e. The van der Waals surface area contributed by atoms with Crippen LogP contribution >= 0.6 is 11.6 Å². The summed E-state index contributed by atoms with van der Waals surface area (Å²) in [5.41, 5.74) is 0.572. The van der Waals surface area contributed by atoms with Crippen molar-refractivity contribution in [3.05, 3.63) is 34.6 Å². The Balaban J connectivity index is 2.52. The fourth-order valence-corrected chi connectivity index (χ4v) is 1.70. The first kappa shape index (κ1) is 13.4. The van der Waals surface area contributed by atoms with E-state index in [2.05, 4.69) is 12.2 Å². The van der Waals surface area contributed by atoms with Gasteiger partial charge in [0.1, 0.15) is 5.82 Å².